The topological polar surface area (TPSA) is 112 Å². The van der Waals surface area contributed by atoms with E-state index < -0.39 is 17.6 Å². The third-order valence-corrected chi connectivity index (χ3v) is 3.67. The van der Waals surface area contributed by atoms with E-state index in [0.717, 1.165) is 44.7 Å². The Morgan fingerprint density at radius 2 is 1.13 bits per heavy atom. The molecule has 1 fully saturated rings. The Kier molecular flexibility index (Phi) is 34.1. The van der Waals surface area contributed by atoms with Crippen molar-refractivity contribution < 1.29 is 33.1 Å². The number of aryl methyl sites for hydroxylation is 1. The molecular formula is C30H43F2NO5. The molecule has 8 heteroatoms. The van der Waals surface area contributed by atoms with Gasteiger partial charge in [0.05, 0.1) is 6.07 Å². The van der Waals surface area contributed by atoms with Crippen molar-refractivity contribution in [1.29, 1.82) is 5.26 Å². The van der Waals surface area contributed by atoms with E-state index >= 15 is 0 Å². The van der Waals surface area contributed by atoms with Crippen LogP contribution < -0.4 is 0 Å². The van der Waals surface area contributed by atoms with E-state index in [-0.39, 0.29) is 11.6 Å². The fourth-order valence-electron chi connectivity index (χ4n) is 1.92. The minimum Gasteiger partial charge on any atom is -0.481 e. The van der Waals surface area contributed by atoms with Gasteiger partial charge in [0.15, 0.2) is 11.6 Å². The van der Waals surface area contributed by atoms with Gasteiger partial charge in [-0.05, 0) is 52.7 Å². The summed E-state index contributed by atoms with van der Waals surface area (Å²) in [6, 6.07) is 17.1. The molecule has 0 aliphatic heterocycles. The van der Waals surface area contributed by atoms with Crippen LogP contribution >= 0.6 is 0 Å². The molecular weight excluding hydrogens is 492 g/mol. The predicted octanol–water partition coefficient (Wildman–Crippen LogP) is 7.68. The Bertz CT molecular complexity index is 877. The summed E-state index contributed by atoms with van der Waals surface area (Å²) in [4.78, 5) is 38.7. The molecule has 1 aliphatic rings. The quantitative estimate of drug-likeness (QED) is 0.401. The van der Waals surface area contributed by atoms with Crippen LogP contribution in [-0.4, -0.2) is 28.4 Å². The molecule has 3 rings (SSSR count). The third kappa shape index (κ3) is 49.4. The van der Waals surface area contributed by atoms with Crippen molar-refractivity contribution in [2.45, 2.75) is 87.0 Å². The number of hydrogen-bond donors (Lipinski definition) is 1. The van der Waals surface area contributed by atoms with E-state index in [1.54, 1.807) is 13.0 Å². The van der Waals surface area contributed by atoms with Gasteiger partial charge in [-0.25, -0.2) is 8.78 Å². The Labute approximate surface area is 226 Å². The molecule has 0 heterocycles. The van der Waals surface area contributed by atoms with Crippen molar-refractivity contribution in [1.82, 2.24) is 0 Å². The number of nitriles is 1. The van der Waals surface area contributed by atoms with Crippen molar-refractivity contribution in [3.8, 4) is 6.07 Å². The first-order valence-corrected chi connectivity index (χ1v) is 12.1. The number of carbonyl (C=O) groups is 4. The average Bonchev–Trinajstić information content (AvgIpc) is 2.83. The molecule has 2 aromatic carbocycles. The monoisotopic (exact) mass is 535 g/mol. The zero-order valence-electron chi connectivity index (χ0n) is 23.7. The van der Waals surface area contributed by atoms with Gasteiger partial charge in [-0.1, -0.05) is 61.4 Å². The van der Waals surface area contributed by atoms with Gasteiger partial charge in [0, 0.05) is 33.1 Å². The second-order valence-electron chi connectivity index (χ2n) is 7.87. The SMILES string of the molecule is CC#N.CC(=O)O.CC(C)=O.CCC(C)=O.Cc1ccccc1.Fc1ccccc1F.O=C1CCCCC1. The highest BCUT2D eigenvalue weighted by atomic mass is 19.2. The van der Waals surface area contributed by atoms with Crippen LogP contribution in [0.25, 0.3) is 0 Å². The van der Waals surface area contributed by atoms with Crippen LogP contribution in [-0.2, 0) is 19.2 Å². The highest BCUT2D eigenvalue weighted by Gasteiger charge is 2.06. The van der Waals surface area contributed by atoms with Gasteiger partial charge < -0.3 is 14.7 Å². The molecule has 0 aromatic heterocycles. The number of rotatable bonds is 1. The lowest BCUT2D eigenvalue weighted by Gasteiger charge is -2.05. The lowest BCUT2D eigenvalue weighted by molar-refractivity contribution is -0.134. The fourth-order valence-corrected chi connectivity index (χ4v) is 1.92. The van der Waals surface area contributed by atoms with Crippen LogP contribution in [0.4, 0.5) is 8.78 Å². The summed E-state index contributed by atoms with van der Waals surface area (Å²) in [7, 11) is 0. The first-order valence-electron chi connectivity index (χ1n) is 12.1. The zero-order chi connectivity index (χ0) is 30.4. The summed E-state index contributed by atoms with van der Waals surface area (Å²) < 4.78 is 23.9. The summed E-state index contributed by atoms with van der Waals surface area (Å²) in [5.41, 5.74) is 1.32. The number of carbonyl (C=O) groups excluding carboxylic acids is 3. The minimum atomic E-state index is -0.833. The summed E-state index contributed by atoms with van der Waals surface area (Å²) in [5, 5.41) is 14.7. The Morgan fingerprint density at radius 1 is 0.842 bits per heavy atom. The van der Waals surface area contributed by atoms with Crippen LogP contribution in [0, 0.1) is 29.9 Å². The average molecular weight is 536 g/mol. The summed E-state index contributed by atoms with van der Waals surface area (Å²) in [5.74, 6) is -1.55. The normalized spacial score (nSPS) is 10.3. The van der Waals surface area contributed by atoms with E-state index in [9.17, 15) is 23.2 Å². The highest BCUT2D eigenvalue weighted by Crippen LogP contribution is 2.12. The van der Waals surface area contributed by atoms with Crippen molar-refractivity contribution in [2.24, 2.45) is 0 Å². The van der Waals surface area contributed by atoms with E-state index in [1.807, 2.05) is 25.1 Å². The number of Topliss-reactive ketones (excluding diaryl/α,β-unsaturated/α-hetero) is 3. The molecule has 38 heavy (non-hydrogen) atoms. The number of aliphatic carboxylic acids is 1. The van der Waals surface area contributed by atoms with Gasteiger partial charge >= 0.3 is 0 Å². The van der Waals surface area contributed by atoms with Gasteiger partial charge in [-0.3, -0.25) is 9.59 Å². The zero-order valence-corrected chi connectivity index (χ0v) is 23.7. The number of ketones is 3. The number of carboxylic acids is 1. The molecule has 212 valence electrons. The molecule has 0 bridgehead atoms. The van der Waals surface area contributed by atoms with Crippen molar-refractivity contribution in [3.63, 3.8) is 0 Å². The van der Waals surface area contributed by atoms with Gasteiger partial charge in [-0.15, -0.1) is 0 Å². The molecule has 0 radical (unpaired) electrons. The number of hydrogen-bond acceptors (Lipinski definition) is 5. The maximum absolute atomic E-state index is 11.9. The number of nitrogens with zero attached hydrogens (tertiary/aromatic N) is 1. The Hall–Kier alpha value is -3.73. The number of benzene rings is 2. The molecule has 1 N–H and O–H groups in total. The third-order valence-electron chi connectivity index (χ3n) is 3.67. The van der Waals surface area contributed by atoms with Crippen LogP contribution in [0.1, 0.15) is 85.6 Å². The predicted molar refractivity (Wildman–Crippen MR) is 148 cm³/mol. The summed E-state index contributed by atoms with van der Waals surface area (Å²) >= 11 is 0. The second kappa shape index (κ2) is 31.3. The first-order chi connectivity index (χ1) is 17.7. The fraction of sp³-hybridized carbons (Fsp3) is 0.433. The van der Waals surface area contributed by atoms with E-state index in [0.29, 0.717) is 12.2 Å². The molecule has 0 unspecified atom stereocenters. The van der Waals surface area contributed by atoms with Crippen LogP contribution in [0.3, 0.4) is 0 Å². The van der Waals surface area contributed by atoms with E-state index in [4.69, 9.17) is 15.2 Å². The molecule has 1 saturated carbocycles. The maximum Gasteiger partial charge on any atom is 0.300 e. The molecule has 0 spiro atoms. The number of halogens is 2. The molecule has 6 nitrogen and oxygen atoms in total. The van der Waals surface area contributed by atoms with Crippen LogP contribution in [0.15, 0.2) is 54.6 Å². The molecule has 0 atom stereocenters. The Balaban J connectivity index is -0.000000182. The standard InChI is InChI=1S/C7H8.C6H4F2.C6H10O.C4H8O.C3H6O.C2H3N.C2H4O2/c1-7-5-3-2-4-6-7;7-5-3-1-2-4-6(5)8;7-6-4-2-1-3-5-6;1-3-4(2)5;1-3(2)4;1-2-3;1-2(3)4/h2-6H,1H3;1-4H;1-5H2;3H2,1-2H3;1-2H3;1H3;1H3,(H,3,4). The largest absolute Gasteiger partial charge is 0.481 e. The van der Waals surface area contributed by atoms with E-state index in [2.05, 4.69) is 19.1 Å². The van der Waals surface area contributed by atoms with Crippen LogP contribution in [0.2, 0.25) is 0 Å². The van der Waals surface area contributed by atoms with Gasteiger partial charge in [-0.2, -0.15) is 5.26 Å². The smallest absolute Gasteiger partial charge is 0.300 e. The first kappa shape index (κ1) is 41.4. The minimum absolute atomic E-state index is 0.167. The lowest BCUT2D eigenvalue weighted by atomic mass is 10.00. The highest BCUT2D eigenvalue weighted by molar-refractivity contribution is 5.78. The number of carboxylic acid groups (broad SMARTS) is 1. The van der Waals surface area contributed by atoms with Crippen LogP contribution in [0.5, 0.6) is 0 Å². The molecule has 0 amide bonds. The van der Waals surface area contributed by atoms with Crippen molar-refractivity contribution in [3.05, 3.63) is 71.8 Å². The van der Waals surface area contributed by atoms with Crippen molar-refractivity contribution >= 4 is 23.3 Å². The van der Waals surface area contributed by atoms with Gasteiger partial charge in [0.2, 0.25) is 0 Å². The molecule has 0 saturated heterocycles. The second-order valence-corrected chi connectivity index (χ2v) is 7.87. The van der Waals surface area contributed by atoms with Gasteiger partial charge in [0.1, 0.15) is 17.3 Å². The van der Waals surface area contributed by atoms with Gasteiger partial charge in [0.25, 0.3) is 5.97 Å². The maximum atomic E-state index is 11.9. The van der Waals surface area contributed by atoms with Crippen molar-refractivity contribution in [2.75, 3.05) is 0 Å². The van der Waals surface area contributed by atoms with E-state index in [1.165, 1.54) is 44.9 Å². The Morgan fingerprint density at radius 3 is 1.29 bits per heavy atom. The lowest BCUT2D eigenvalue weighted by Crippen LogP contribution is -2.02. The summed E-state index contributed by atoms with van der Waals surface area (Å²) in [6.07, 6.45) is 5.91. The molecule has 1 aliphatic carbocycles. The summed E-state index contributed by atoms with van der Waals surface area (Å²) in [6.45, 7) is 11.1. The molecule has 2 aromatic rings.